The SMILES string of the molecule is Cc1cc(C(=O)O)ccc1COc1ccccc1O. The second kappa shape index (κ2) is 5.44. The average molecular weight is 258 g/mol. The van der Waals surface area contributed by atoms with Crippen molar-refractivity contribution in [2.45, 2.75) is 13.5 Å². The number of hydrogen-bond acceptors (Lipinski definition) is 3. The molecule has 4 heteroatoms. The van der Waals surface area contributed by atoms with E-state index in [0.29, 0.717) is 5.75 Å². The van der Waals surface area contributed by atoms with Gasteiger partial charge in [-0.2, -0.15) is 0 Å². The fourth-order valence-corrected chi connectivity index (χ4v) is 1.73. The van der Waals surface area contributed by atoms with Gasteiger partial charge in [-0.05, 0) is 42.3 Å². The molecule has 4 nitrogen and oxygen atoms in total. The molecule has 0 aromatic heterocycles. The van der Waals surface area contributed by atoms with E-state index in [1.54, 1.807) is 42.5 Å². The second-order valence-corrected chi connectivity index (χ2v) is 4.20. The molecule has 2 N–H and O–H groups in total. The van der Waals surface area contributed by atoms with Crippen LogP contribution in [0, 0.1) is 6.92 Å². The first kappa shape index (κ1) is 13.0. The highest BCUT2D eigenvalue weighted by Gasteiger charge is 2.07. The standard InChI is InChI=1S/C15H14O4/c1-10-8-11(15(17)18)6-7-12(10)9-19-14-5-3-2-4-13(14)16/h2-8,16H,9H2,1H3,(H,17,18). The molecule has 0 bridgehead atoms. The first-order valence-electron chi connectivity index (χ1n) is 5.81. The number of carbonyl (C=O) groups is 1. The van der Waals surface area contributed by atoms with Crippen LogP contribution in [0.1, 0.15) is 21.5 Å². The largest absolute Gasteiger partial charge is 0.504 e. The van der Waals surface area contributed by atoms with Crippen molar-refractivity contribution in [2.24, 2.45) is 0 Å². The molecule has 2 aromatic carbocycles. The number of carboxylic acids is 1. The van der Waals surface area contributed by atoms with Crippen LogP contribution in [0.25, 0.3) is 0 Å². The van der Waals surface area contributed by atoms with Crippen LogP contribution in [-0.4, -0.2) is 16.2 Å². The minimum Gasteiger partial charge on any atom is -0.504 e. The van der Waals surface area contributed by atoms with E-state index in [4.69, 9.17) is 9.84 Å². The molecule has 2 aromatic rings. The van der Waals surface area contributed by atoms with Gasteiger partial charge in [0.05, 0.1) is 5.56 Å². The highest BCUT2D eigenvalue weighted by Crippen LogP contribution is 2.25. The zero-order valence-electron chi connectivity index (χ0n) is 10.5. The summed E-state index contributed by atoms with van der Waals surface area (Å²) in [7, 11) is 0. The van der Waals surface area contributed by atoms with E-state index in [9.17, 15) is 9.90 Å². The van der Waals surface area contributed by atoms with Crippen LogP contribution < -0.4 is 4.74 Å². The Kier molecular flexibility index (Phi) is 3.71. The molecule has 0 aliphatic heterocycles. The number of rotatable bonds is 4. The molecule has 0 spiro atoms. The summed E-state index contributed by atoms with van der Waals surface area (Å²) in [6.07, 6.45) is 0. The molecule has 19 heavy (non-hydrogen) atoms. The van der Waals surface area contributed by atoms with E-state index >= 15 is 0 Å². The van der Waals surface area contributed by atoms with Crippen LogP contribution in [-0.2, 0) is 6.61 Å². The van der Waals surface area contributed by atoms with Gasteiger partial charge in [-0.3, -0.25) is 0 Å². The third kappa shape index (κ3) is 3.04. The van der Waals surface area contributed by atoms with E-state index in [1.165, 1.54) is 0 Å². The fraction of sp³-hybridized carbons (Fsp3) is 0.133. The zero-order chi connectivity index (χ0) is 13.8. The number of aryl methyl sites for hydroxylation is 1. The van der Waals surface area contributed by atoms with E-state index in [2.05, 4.69) is 0 Å². The molecule has 0 radical (unpaired) electrons. The third-order valence-electron chi connectivity index (χ3n) is 2.84. The smallest absolute Gasteiger partial charge is 0.335 e. The number of phenols is 1. The molecule has 0 saturated carbocycles. The van der Waals surface area contributed by atoms with Crippen molar-refractivity contribution in [1.29, 1.82) is 0 Å². The highest BCUT2D eigenvalue weighted by molar-refractivity contribution is 5.87. The van der Waals surface area contributed by atoms with Gasteiger partial charge < -0.3 is 14.9 Å². The lowest BCUT2D eigenvalue weighted by Gasteiger charge is -2.10. The lowest BCUT2D eigenvalue weighted by molar-refractivity contribution is 0.0696. The summed E-state index contributed by atoms with van der Waals surface area (Å²) < 4.78 is 5.51. The molecule has 0 aliphatic rings. The number of ether oxygens (including phenoxy) is 1. The van der Waals surface area contributed by atoms with Crippen LogP contribution in [0.2, 0.25) is 0 Å². The minimum absolute atomic E-state index is 0.0855. The van der Waals surface area contributed by atoms with Gasteiger partial charge in [0.2, 0.25) is 0 Å². The number of hydrogen-bond donors (Lipinski definition) is 2. The van der Waals surface area contributed by atoms with E-state index in [-0.39, 0.29) is 17.9 Å². The molecule has 0 unspecified atom stereocenters. The number of aromatic carboxylic acids is 1. The molecule has 98 valence electrons. The zero-order valence-corrected chi connectivity index (χ0v) is 10.5. The minimum atomic E-state index is -0.948. The first-order chi connectivity index (χ1) is 9.08. The van der Waals surface area contributed by atoms with Crippen molar-refractivity contribution in [3.63, 3.8) is 0 Å². The molecule has 0 heterocycles. The Bertz CT molecular complexity index is 605. The number of aromatic hydroxyl groups is 1. The number of carboxylic acid groups (broad SMARTS) is 1. The van der Waals surface area contributed by atoms with Crippen molar-refractivity contribution in [3.05, 3.63) is 59.2 Å². The van der Waals surface area contributed by atoms with Gasteiger partial charge in [0.15, 0.2) is 11.5 Å². The molecule has 0 fully saturated rings. The number of para-hydroxylation sites is 2. The van der Waals surface area contributed by atoms with Crippen molar-refractivity contribution in [3.8, 4) is 11.5 Å². The number of benzene rings is 2. The normalized spacial score (nSPS) is 10.2. The van der Waals surface area contributed by atoms with Crippen LogP contribution in [0.4, 0.5) is 0 Å². The average Bonchev–Trinajstić information content (AvgIpc) is 2.39. The van der Waals surface area contributed by atoms with Gasteiger partial charge in [0.1, 0.15) is 6.61 Å². The topological polar surface area (TPSA) is 66.8 Å². The molecular formula is C15H14O4. The first-order valence-corrected chi connectivity index (χ1v) is 5.81. The monoisotopic (exact) mass is 258 g/mol. The summed E-state index contributed by atoms with van der Waals surface area (Å²) >= 11 is 0. The van der Waals surface area contributed by atoms with Gasteiger partial charge in [0, 0.05) is 0 Å². The fourth-order valence-electron chi connectivity index (χ4n) is 1.73. The molecule has 0 atom stereocenters. The maximum atomic E-state index is 10.8. The lowest BCUT2D eigenvalue weighted by atomic mass is 10.1. The van der Waals surface area contributed by atoms with Gasteiger partial charge in [-0.1, -0.05) is 18.2 Å². The van der Waals surface area contributed by atoms with Gasteiger partial charge in [-0.25, -0.2) is 4.79 Å². The van der Waals surface area contributed by atoms with Crippen LogP contribution in [0.5, 0.6) is 11.5 Å². The van der Waals surface area contributed by atoms with Gasteiger partial charge in [-0.15, -0.1) is 0 Å². The van der Waals surface area contributed by atoms with Crippen LogP contribution in [0.3, 0.4) is 0 Å². The van der Waals surface area contributed by atoms with Crippen molar-refractivity contribution >= 4 is 5.97 Å². The maximum absolute atomic E-state index is 10.8. The predicted octanol–water partition coefficient (Wildman–Crippen LogP) is 2.98. The van der Waals surface area contributed by atoms with Gasteiger partial charge >= 0.3 is 5.97 Å². The summed E-state index contributed by atoms with van der Waals surface area (Å²) in [5.41, 5.74) is 1.98. The summed E-state index contributed by atoms with van der Waals surface area (Å²) in [6.45, 7) is 2.11. The molecule has 0 aliphatic carbocycles. The van der Waals surface area contributed by atoms with Gasteiger partial charge in [0.25, 0.3) is 0 Å². The van der Waals surface area contributed by atoms with E-state index < -0.39 is 5.97 Å². The molecule has 0 saturated heterocycles. The van der Waals surface area contributed by atoms with E-state index in [0.717, 1.165) is 11.1 Å². The Balaban J connectivity index is 2.12. The van der Waals surface area contributed by atoms with Crippen LogP contribution in [0.15, 0.2) is 42.5 Å². The number of phenolic OH excluding ortho intramolecular Hbond substituents is 1. The highest BCUT2D eigenvalue weighted by atomic mass is 16.5. The predicted molar refractivity (Wildman–Crippen MR) is 70.6 cm³/mol. The third-order valence-corrected chi connectivity index (χ3v) is 2.84. The molecular weight excluding hydrogens is 244 g/mol. The Hall–Kier alpha value is -2.49. The second-order valence-electron chi connectivity index (χ2n) is 4.20. The van der Waals surface area contributed by atoms with Crippen molar-refractivity contribution < 1.29 is 19.7 Å². The van der Waals surface area contributed by atoms with Crippen molar-refractivity contribution in [1.82, 2.24) is 0 Å². The Morgan fingerprint density at radius 1 is 1.21 bits per heavy atom. The van der Waals surface area contributed by atoms with E-state index in [1.807, 2.05) is 6.92 Å². The lowest BCUT2D eigenvalue weighted by Crippen LogP contribution is -2.01. The quantitative estimate of drug-likeness (QED) is 0.884. The summed E-state index contributed by atoms with van der Waals surface area (Å²) in [6, 6.07) is 11.6. The summed E-state index contributed by atoms with van der Waals surface area (Å²) in [5, 5.41) is 18.5. The Labute approximate surface area is 110 Å². The molecule has 2 rings (SSSR count). The Morgan fingerprint density at radius 3 is 2.58 bits per heavy atom. The maximum Gasteiger partial charge on any atom is 0.335 e. The summed E-state index contributed by atoms with van der Waals surface area (Å²) in [5.74, 6) is -0.456. The summed E-state index contributed by atoms with van der Waals surface area (Å²) in [4.78, 5) is 10.8. The molecule has 0 amide bonds. The Morgan fingerprint density at radius 2 is 1.95 bits per heavy atom. The van der Waals surface area contributed by atoms with Crippen molar-refractivity contribution in [2.75, 3.05) is 0 Å². The van der Waals surface area contributed by atoms with Crippen LogP contribution >= 0.6 is 0 Å².